The second kappa shape index (κ2) is 8.34. The van der Waals surface area contributed by atoms with Gasteiger partial charge in [-0.25, -0.2) is 0 Å². The molecular weight excluding hydrogens is 406 g/mol. The van der Waals surface area contributed by atoms with Gasteiger partial charge in [-0.1, -0.05) is 24.3 Å². The van der Waals surface area contributed by atoms with Crippen molar-refractivity contribution in [3.63, 3.8) is 0 Å². The van der Waals surface area contributed by atoms with E-state index >= 15 is 0 Å². The van der Waals surface area contributed by atoms with Crippen LogP contribution in [-0.4, -0.2) is 34.4 Å². The van der Waals surface area contributed by atoms with Crippen LogP contribution in [0.1, 0.15) is 29.8 Å². The number of aryl methyl sites for hydroxylation is 1. The van der Waals surface area contributed by atoms with E-state index in [1.165, 1.54) is 0 Å². The number of hydrogen-bond donors (Lipinski definition) is 1. The third-order valence-electron chi connectivity index (χ3n) is 5.91. The van der Waals surface area contributed by atoms with Crippen molar-refractivity contribution < 1.29 is 14.0 Å². The molecule has 1 aliphatic heterocycles. The first kappa shape index (κ1) is 20.1. The summed E-state index contributed by atoms with van der Waals surface area (Å²) in [5.74, 6) is 0.0434. The minimum Gasteiger partial charge on any atom is -0.451 e. The molecule has 1 N–H and O–H groups in total. The molecule has 32 heavy (non-hydrogen) atoms. The average Bonchev–Trinajstić information content (AvgIpc) is 3.42. The fourth-order valence-corrected chi connectivity index (χ4v) is 4.25. The van der Waals surface area contributed by atoms with E-state index in [2.05, 4.69) is 5.32 Å². The summed E-state index contributed by atoms with van der Waals surface area (Å²) in [4.78, 5) is 39.4. The molecule has 0 bridgehead atoms. The molecule has 4 aromatic rings. The van der Waals surface area contributed by atoms with Crippen molar-refractivity contribution in [2.75, 3.05) is 18.4 Å². The van der Waals surface area contributed by atoms with Crippen LogP contribution in [-0.2, 0) is 11.3 Å². The van der Waals surface area contributed by atoms with Crippen LogP contribution in [0, 0.1) is 0 Å². The Labute approximate surface area is 184 Å². The standard InChI is InChI=1S/C25H23N3O4/c29-23-10-4-12-27(23)13-5-14-28-15-11-18-19(25(28)31)7-3-8-20(18)26-24(30)22-16-17-6-1-2-9-21(17)32-22/h1-3,6-9,11,15-16H,4-5,10,12-14H2,(H,26,30). The highest BCUT2D eigenvalue weighted by Gasteiger charge is 2.19. The number of fused-ring (bicyclic) bond motifs is 2. The van der Waals surface area contributed by atoms with E-state index in [9.17, 15) is 14.4 Å². The van der Waals surface area contributed by atoms with Crippen molar-refractivity contribution in [1.29, 1.82) is 0 Å². The van der Waals surface area contributed by atoms with Crippen molar-refractivity contribution >= 4 is 39.2 Å². The minimum absolute atomic E-state index is 0.116. The van der Waals surface area contributed by atoms with E-state index in [1.807, 2.05) is 35.2 Å². The maximum absolute atomic E-state index is 13.0. The van der Waals surface area contributed by atoms with Gasteiger partial charge in [0.25, 0.3) is 11.5 Å². The van der Waals surface area contributed by atoms with Gasteiger partial charge in [-0.05, 0) is 43.2 Å². The quantitative estimate of drug-likeness (QED) is 0.502. The SMILES string of the molecule is O=C(Nc1cccc2c(=O)n(CCCN3CCCC3=O)ccc12)c1cc2ccccc2o1. The Morgan fingerprint density at radius 1 is 1.00 bits per heavy atom. The highest BCUT2D eigenvalue weighted by Crippen LogP contribution is 2.24. The molecule has 0 unspecified atom stereocenters. The zero-order valence-electron chi connectivity index (χ0n) is 17.5. The summed E-state index contributed by atoms with van der Waals surface area (Å²) in [6, 6.07) is 16.3. The van der Waals surface area contributed by atoms with Crippen LogP contribution >= 0.6 is 0 Å². The van der Waals surface area contributed by atoms with Gasteiger partial charge in [0.1, 0.15) is 5.58 Å². The van der Waals surface area contributed by atoms with Crippen LogP contribution in [0.2, 0.25) is 0 Å². The smallest absolute Gasteiger partial charge is 0.291 e. The molecule has 7 heteroatoms. The summed E-state index contributed by atoms with van der Waals surface area (Å²) in [6.07, 6.45) is 4.00. The Morgan fingerprint density at radius 2 is 1.88 bits per heavy atom. The highest BCUT2D eigenvalue weighted by molar-refractivity contribution is 6.09. The maximum Gasteiger partial charge on any atom is 0.291 e. The van der Waals surface area contributed by atoms with Gasteiger partial charge in [0.2, 0.25) is 5.91 Å². The first-order valence-electron chi connectivity index (χ1n) is 10.8. The third kappa shape index (κ3) is 3.77. The molecule has 3 heterocycles. The number of carbonyl (C=O) groups excluding carboxylic acids is 2. The number of anilines is 1. The van der Waals surface area contributed by atoms with Crippen LogP contribution in [0.25, 0.3) is 21.7 Å². The number of nitrogens with one attached hydrogen (secondary N) is 1. The Hall–Kier alpha value is -3.87. The summed E-state index contributed by atoms with van der Waals surface area (Å²) in [7, 11) is 0. The number of para-hydroxylation sites is 1. The molecular formula is C25H23N3O4. The molecule has 1 fully saturated rings. The van der Waals surface area contributed by atoms with Gasteiger partial charge in [-0.15, -0.1) is 0 Å². The normalized spacial score (nSPS) is 13.9. The van der Waals surface area contributed by atoms with Crippen LogP contribution in [0.3, 0.4) is 0 Å². The predicted molar refractivity (Wildman–Crippen MR) is 123 cm³/mol. The van der Waals surface area contributed by atoms with Gasteiger partial charge in [0, 0.05) is 54.1 Å². The lowest BCUT2D eigenvalue weighted by molar-refractivity contribution is -0.127. The molecule has 1 saturated heterocycles. The number of carbonyl (C=O) groups is 2. The monoisotopic (exact) mass is 429 g/mol. The predicted octanol–water partition coefficient (Wildman–Crippen LogP) is 4.01. The molecule has 2 amide bonds. The topological polar surface area (TPSA) is 84.5 Å². The van der Waals surface area contributed by atoms with Crippen LogP contribution in [0.4, 0.5) is 5.69 Å². The molecule has 2 aromatic heterocycles. The van der Waals surface area contributed by atoms with Gasteiger partial charge in [0.15, 0.2) is 5.76 Å². The van der Waals surface area contributed by atoms with Gasteiger partial charge < -0.3 is 19.2 Å². The summed E-state index contributed by atoms with van der Waals surface area (Å²) < 4.78 is 7.31. The number of furan rings is 1. The number of rotatable bonds is 6. The fraction of sp³-hybridized carbons (Fsp3) is 0.240. The van der Waals surface area contributed by atoms with Gasteiger partial charge in [-0.2, -0.15) is 0 Å². The Kier molecular flexibility index (Phi) is 5.23. The van der Waals surface area contributed by atoms with E-state index in [-0.39, 0.29) is 23.1 Å². The zero-order chi connectivity index (χ0) is 22.1. The molecule has 0 aliphatic carbocycles. The molecule has 5 rings (SSSR count). The second-order valence-electron chi connectivity index (χ2n) is 8.02. The number of nitrogens with zero attached hydrogens (tertiary/aromatic N) is 2. The second-order valence-corrected chi connectivity index (χ2v) is 8.02. The fourth-order valence-electron chi connectivity index (χ4n) is 4.25. The zero-order valence-corrected chi connectivity index (χ0v) is 17.5. The number of benzene rings is 2. The largest absolute Gasteiger partial charge is 0.451 e. The minimum atomic E-state index is -0.367. The van der Waals surface area contributed by atoms with E-state index in [1.54, 1.807) is 35.0 Å². The number of aromatic nitrogens is 1. The Bertz CT molecular complexity index is 1350. The first-order chi connectivity index (χ1) is 15.6. The van der Waals surface area contributed by atoms with Gasteiger partial charge in [-0.3, -0.25) is 14.4 Å². The van der Waals surface area contributed by atoms with Crippen molar-refractivity contribution in [3.8, 4) is 0 Å². The lowest BCUT2D eigenvalue weighted by atomic mass is 10.1. The maximum atomic E-state index is 13.0. The number of likely N-dealkylation sites (tertiary alicyclic amines) is 1. The summed E-state index contributed by atoms with van der Waals surface area (Å²) >= 11 is 0. The third-order valence-corrected chi connectivity index (χ3v) is 5.91. The lowest BCUT2D eigenvalue weighted by Gasteiger charge is -2.16. The van der Waals surface area contributed by atoms with E-state index in [0.717, 1.165) is 24.8 Å². The lowest BCUT2D eigenvalue weighted by Crippen LogP contribution is -2.28. The molecule has 2 aromatic carbocycles. The van der Waals surface area contributed by atoms with Crippen LogP contribution in [0.5, 0.6) is 0 Å². The molecule has 7 nitrogen and oxygen atoms in total. The van der Waals surface area contributed by atoms with Crippen LogP contribution < -0.4 is 10.9 Å². The highest BCUT2D eigenvalue weighted by atomic mass is 16.3. The molecule has 0 radical (unpaired) electrons. The number of amides is 2. The van der Waals surface area contributed by atoms with Crippen molar-refractivity contribution in [2.24, 2.45) is 0 Å². The summed E-state index contributed by atoms with van der Waals surface area (Å²) in [6.45, 7) is 2.00. The van der Waals surface area contributed by atoms with Gasteiger partial charge in [0.05, 0.1) is 0 Å². The molecule has 0 saturated carbocycles. The van der Waals surface area contributed by atoms with E-state index in [4.69, 9.17) is 4.42 Å². The summed E-state index contributed by atoms with van der Waals surface area (Å²) in [5, 5.41) is 4.93. The van der Waals surface area contributed by atoms with Crippen molar-refractivity contribution in [3.05, 3.63) is 76.9 Å². The van der Waals surface area contributed by atoms with Crippen LogP contribution in [0.15, 0.2) is 70.0 Å². The Balaban J connectivity index is 1.35. The molecule has 0 atom stereocenters. The number of pyridine rings is 1. The van der Waals surface area contributed by atoms with E-state index < -0.39 is 0 Å². The van der Waals surface area contributed by atoms with E-state index in [0.29, 0.717) is 41.6 Å². The molecule has 0 spiro atoms. The van der Waals surface area contributed by atoms with Crippen molar-refractivity contribution in [1.82, 2.24) is 9.47 Å². The average molecular weight is 429 g/mol. The first-order valence-corrected chi connectivity index (χ1v) is 10.8. The molecule has 162 valence electrons. The Morgan fingerprint density at radius 3 is 2.69 bits per heavy atom. The molecule has 1 aliphatic rings. The number of hydrogen-bond acceptors (Lipinski definition) is 4. The summed E-state index contributed by atoms with van der Waals surface area (Å²) in [5.41, 5.74) is 1.09. The van der Waals surface area contributed by atoms with Crippen molar-refractivity contribution in [2.45, 2.75) is 25.8 Å². The van der Waals surface area contributed by atoms with Gasteiger partial charge >= 0.3 is 0 Å².